The summed E-state index contributed by atoms with van der Waals surface area (Å²) < 4.78 is 12.7. The second kappa shape index (κ2) is 2.97. The Morgan fingerprint density at radius 1 is 1.44 bits per heavy atom. The molecule has 0 amide bonds. The average molecular weight is 196 g/mol. The maximum Gasteiger partial charge on any atom is 0.116 e. The van der Waals surface area contributed by atoms with Crippen LogP contribution < -0.4 is 5.73 Å². The summed E-state index contributed by atoms with van der Waals surface area (Å²) in [5.74, 6) is 0. The largest absolute Gasteiger partial charge is 0.325 e. The monoisotopic (exact) mass is 195 g/mol. The van der Waals surface area contributed by atoms with Crippen LogP contribution in [-0.2, 0) is 0 Å². The van der Waals surface area contributed by atoms with Crippen molar-refractivity contribution in [3.63, 3.8) is 0 Å². The summed E-state index contributed by atoms with van der Waals surface area (Å²) in [4.78, 5) is 0.354. The predicted molar refractivity (Wildman–Crippen MR) is 39.4 cm³/mol. The van der Waals surface area contributed by atoms with Crippen molar-refractivity contribution in [2.45, 2.75) is 36.3 Å². The Morgan fingerprint density at radius 3 is 2.56 bits per heavy atom. The molecule has 54 valence electrons. The Morgan fingerprint density at radius 2 is 2.11 bits per heavy atom. The molecule has 0 aliphatic heterocycles. The van der Waals surface area contributed by atoms with Gasteiger partial charge in [0.05, 0.1) is 0 Å². The van der Waals surface area contributed by atoms with Gasteiger partial charge in [-0.2, -0.15) is 0 Å². The predicted octanol–water partition coefficient (Wildman–Crippen LogP) is 1.60. The van der Waals surface area contributed by atoms with Crippen molar-refractivity contribution in [3.05, 3.63) is 0 Å². The van der Waals surface area contributed by atoms with E-state index in [1.165, 1.54) is 0 Å². The van der Waals surface area contributed by atoms with Crippen molar-refractivity contribution in [3.8, 4) is 0 Å². The van der Waals surface area contributed by atoms with Crippen LogP contribution in [-0.4, -0.2) is 17.0 Å². The lowest BCUT2D eigenvalue weighted by Gasteiger charge is -2.25. The highest BCUT2D eigenvalue weighted by Crippen LogP contribution is 2.25. The van der Waals surface area contributed by atoms with Crippen LogP contribution in [0, 0.1) is 0 Å². The number of hydrogen-bond acceptors (Lipinski definition) is 1. The molecule has 1 rings (SSSR count). The van der Waals surface area contributed by atoms with Crippen LogP contribution >= 0.6 is 15.9 Å². The van der Waals surface area contributed by atoms with E-state index >= 15 is 0 Å². The molecule has 3 heteroatoms. The van der Waals surface area contributed by atoms with Crippen LogP contribution in [0.1, 0.15) is 19.3 Å². The number of halogens is 2. The third-order valence-electron chi connectivity index (χ3n) is 1.76. The van der Waals surface area contributed by atoms with Gasteiger partial charge in [0.2, 0.25) is 0 Å². The first-order valence-corrected chi connectivity index (χ1v) is 4.15. The molecule has 1 saturated carbocycles. The fourth-order valence-electron chi connectivity index (χ4n) is 1.09. The Labute approximate surface area is 62.9 Å². The Hall–Kier alpha value is 0.370. The lowest BCUT2D eigenvalue weighted by molar-refractivity contribution is 0.224. The van der Waals surface area contributed by atoms with Gasteiger partial charge in [0.15, 0.2) is 0 Å². The third-order valence-corrected chi connectivity index (χ3v) is 2.59. The van der Waals surface area contributed by atoms with E-state index in [0.29, 0.717) is 11.2 Å². The van der Waals surface area contributed by atoms with Crippen LogP contribution in [0.15, 0.2) is 0 Å². The molecule has 9 heavy (non-hydrogen) atoms. The zero-order valence-corrected chi connectivity index (χ0v) is 6.77. The normalized spacial score (nSPS) is 45.0. The van der Waals surface area contributed by atoms with Crippen molar-refractivity contribution in [2.75, 3.05) is 0 Å². The standard InChI is InChI=1S/C6H11BrFN/c7-4-1-2-6(9)5(8)3-4/h4-6H,1-3,9H2. The topological polar surface area (TPSA) is 26.0 Å². The summed E-state index contributed by atoms with van der Waals surface area (Å²) in [5.41, 5.74) is 5.44. The molecule has 1 aliphatic rings. The van der Waals surface area contributed by atoms with Crippen molar-refractivity contribution < 1.29 is 4.39 Å². The first-order valence-electron chi connectivity index (χ1n) is 3.24. The van der Waals surface area contributed by atoms with Gasteiger partial charge in [-0.15, -0.1) is 0 Å². The summed E-state index contributed by atoms with van der Waals surface area (Å²) in [6, 6.07) is -0.209. The summed E-state index contributed by atoms with van der Waals surface area (Å²) in [6.45, 7) is 0. The van der Waals surface area contributed by atoms with Gasteiger partial charge in [-0.05, 0) is 19.3 Å². The number of hydrogen-bond donors (Lipinski definition) is 1. The van der Waals surface area contributed by atoms with Crippen LogP contribution in [0.3, 0.4) is 0 Å². The smallest absolute Gasteiger partial charge is 0.116 e. The first-order chi connectivity index (χ1) is 4.20. The van der Waals surface area contributed by atoms with Gasteiger partial charge < -0.3 is 5.73 Å². The van der Waals surface area contributed by atoms with Crippen LogP contribution in [0.5, 0.6) is 0 Å². The molecular weight excluding hydrogens is 185 g/mol. The maximum atomic E-state index is 12.7. The average Bonchev–Trinajstić information content (AvgIpc) is 1.80. The highest BCUT2D eigenvalue weighted by atomic mass is 79.9. The maximum absolute atomic E-state index is 12.7. The van der Waals surface area contributed by atoms with Crippen LogP contribution in [0.4, 0.5) is 4.39 Å². The SMILES string of the molecule is NC1CCC(Br)CC1F. The van der Waals surface area contributed by atoms with Crippen LogP contribution in [0.25, 0.3) is 0 Å². The molecular formula is C6H11BrFN. The van der Waals surface area contributed by atoms with Crippen molar-refractivity contribution in [1.82, 2.24) is 0 Å². The second-order valence-corrected chi connectivity index (χ2v) is 3.89. The van der Waals surface area contributed by atoms with E-state index in [4.69, 9.17) is 5.73 Å². The molecule has 0 heterocycles. The van der Waals surface area contributed by atoms with E-state index in [2.05, 4.69) is 15.9 Å². The molecule has 1 nitrogen and oxygen atoms in total. The Balaban J connectivity index is 2.35. The Kier molecular flexibility index (Phi) is 2.47. The lowest BCUT2D eigenvalue weighted by atomic mass is 9.94. The van der Waals surface area contributed by atoms with Crippen LogP contribution in [0.2, 0.25) is 0 Å². The van der Waals surface area contributed by atoms with Gasteiger partial charge in [-0.25, -0.2) is 4.39 Å². The molecule has 3 atom stereocenters. The molecule has 1 aliphatic carbocycles. The fourth-order valence-corrected chi connectivity index (χ4v) is 1.71. The van der Waals surface area contributed by atoms with E-state index in [9.17, 15) is 4.39 Å². The Bertz CT molecular complexity index is 99.1. The number of nitrogens with two attached hydrogens (primary N) is 1. The third kappa shape index (κ3) is 1.90. The zero-order chi connectivity index (χ0) is 6.85. The second-order valence-electron chi connectivity index (χ2n) is 2.59. The molecule has 3 unspecified atom stereocenters. The van der Waals surface area contributed by atoms with Gasteiger partial charge in [0.1, 0.15) is 6.17 Å². The van der Waals surface area contributed by atoms with Gasteiger partial charge in [0.25, 0.3) is 0 Å². The summed E-state index contributed by atoms with van der Waals surface area (Å²) in [5, 5.41) is 0. The van der Waals surface area contributed by atoms with E-state index in [1.807, 2.05) is 0 Å². The van der Waals surface area contributed by atoms with Crippen molar-refractivity contribution >= 4 is 15.9 Å². The minimum absolute atomic E-state index is 0.209. The first kappa shape index (κ1) is 7.48. The molecule has 1 fully saturated rings. The van der Waals surface area contributed by atoms with Gasteiger partial charge >= 0.3 is 0 Å². The molecule has 0 spiro atoms. The van der Waals surface area contributed by atoms with Gasteiger partial charge in [-0.1, -0.05) is 15.9 Å². The summed E-state index contributed by atoms with van der Waals surface area (Å²) >= 11 is 3.36. The molecule has 0 radical (unpaired) electrons. The van der Waals surface area contributed by atoms with Crippen molar-refractivity contribution in [2.24, 2.45) is 5.73 Å². The lowest BCUT2D eigenvalue weighted by Crippen LogP contribution is -2.37. The van der Waals surface area contributed by atoms with Crippen molar-refractivity contribution in [1.29, 1.82) is 0 Å². The molecule has 2 N–H and O–H groups in total. The van der Waals surface area contributed by atoms with E-state index in [0.717, 1.165) is 12.8 Å². The summed E-state index contributed by atoms with van der Waals surface area (Å²) in [6.07, 6.45) is 1.63. The minimum Gasteiger partial charge on any atom is -0.325 e. The summed E-state index contributed by atoms with van der Waals surface area (Å²) in [7, 11) is 0. The molecule has 0 saturated heterocycles. The highest BCUT2D eigenvalue weighted by molar-refractivity contribution is 9.09. The molecule has 0 bridgehead atoms. The zero-order valence-electron chi connectivity index (χ0n) is 5.19. The van der Waals surface area contributed by atoms with E-state index < -0.39 is 6.17 Å². The molecule has 0 aromatic heterocycles. The highest BCUT2D eigenvalue weighted by Gasteiger charge is 2.25. The minimum atomic E-state index is -0.789. The number of alkyl halides is 2. The van der Waals surface area contributed by atoms with E-state index in [-0.39, 0.29) is 6.04 Å². The van der Waals surface area contributed by atoms with Gasteiger partial charge in [-0.3, -0.25) is 0 Å². The molecule has 0 aromatic rings. The quantitative estimate of drug-likeness (QED) is 0.585. The fraction of sp³-hybridized carbons (Fsp3) is 1.00. The molecule has 0 aromatic carbocycles. The number of rotatable bonds is 0. The van der Waals surface area contributed by atoms with E-state index in [1.54, 1.807) is 0 Å². The van der Waals surface area contributed by atoms with Gasteiger partial charge in [0, 0.05) is 10.9 Å².